The molecule has 0 saturated carbocycles. The van der Waals surface area contributed by atoms with Gasteiger partial charge in [0.25, 0.3) is 0 Å². The van der Waals surface area contributed by atoms with Crippen LogP contribution in [0.5, 0.6) is 0 Å². The molecule has 0 amide bonds. The third kappa shape index (κ3) is 3.47. The Kier molecular flexibility index (Phi) is 5.09. The fourth-order valence-corrected chi connectivity index (χ4v) is 2.65. The lowest BCUT2D eigenvalue weighted by Crippen LogP contribution is -2.12. The molecule has 1 aromatic carbocycles. The van der Waals surface area contributed by atoms with Crippen molar-refractivity contribution in [1.29, 1.82) is 0 Å². The van der Waals surface area contributed by atoms with E-state index in [1.165, 1.54) is 0 Å². The number of nitrogens with two attached hydrogens (primary N) is 1. The highest BCUT2D eigenvalue weighted by molar-refractivity contribution is 9.11. The fraction of sp³-hybridized carbons (Fsp3) is 0.300. The molecule has 15 heavy (non-hydrogen) atoms. The standard InChI is InChI=1S/C10H11Br2ClN2/c1-2-6-3-7(11)4-8(12)10(6)15-9(14)5-13/h3-4H,2,5H2,1H3,(H2,14,15). The number of halogens is 3. The molecule has 0 bridgehead atoms. The van der Waals surface area contributed by atoms with Gasteiger partial charge in [-0.1, -0.05) is 22.9 Å². The van der Waals surface area contributed by atoms with Crippen LogP contribution < -0.4 is 5.73 Å². The van der Waals surface area contributed by atoms with E-state index in [9.17, 15) is 0 Å². The maximum atomic E-state index is 5.62. The Morgan fingerprint density at radius 1 is 1.47 bits per heavy atom. The van der Waals surface area contributed by atoms with Gasteiger partial charge in [-0.05, 0) is 40.0 Å². The molecule has 82 valence electrons. The minimum absolute atomic E-state index is 0.242. The van der Waals surface area contributed by atoms with Crippen LogP contribution in [0, 0.1) is 0 Å². The largest absolute Gasteiger partial charge is 0.386 e. The fourth-order valence-electron chi connectivity index (χ4n) is 1.19. The predicted molar refractivity (Wildman–Crippen MR) is 73.2 cm³/mol. The lowest BCUT2D eigenvalue weighted by molar-refractivity contribution is 1.12. The van der Waals surface area contributed by atoms with E-state index < -0.39 is 0 Å². The Morgan fingerprint density at radius 3 is 2.67 bits per heavy atom. The number of hydrogen-bond acceptors (Lipinski definition) is 1. The summed E-state index contributed by atoms with van der Waals surface area (Å²) in [6.45, 7) is 2.07. The number of hydrogen-bond donors (Lipinski definition) is 1. The predicted octanol–water partition coefficient (Wildman–Crippen LogP) is 4.00. The van der Waals surface area contributed by atoms with Crippen LogP contribution in [0.4, 0.5) is 5.69 Å². The molecule has 0 aliphatic rings. The van der Waals surface area contributed by atoms with Crippen molar-refractivity contribution < 1.29 is 0 Å². The van der Waals surface area contributed by atoms with Crippen LogP contribution in [-0.4, -0.2) is 11.7 Å². The molecule has 0 atom stereocenters. The van der Waals surface area contributed by atoms with Crippen LogP contribution in [0.15, 0.2) is 26.1 Å². The molecule has 2 N–H and O–H groups in total. The molecule has 2 nitrogen and oxygen atoms in total. The van der Waals surface area contributed by atoms with E-state index in [4.69, 9.17) is 17.3 Å². The highest BCUT2D eigenvalue weighted by Crippen LogP contribution is 2.33. The number of aryl methyl sites for hydroxylation is 1. The number of nitrogens with zero attached hydrogens (tertiary/aromatic N) is 1. The topological polar surface area (TPSA) is 38.4 Å². The van der Waals surface area contributed by atoms with Gasteiger partial charge in [0.05, 0.1) is 11.6 Å². The first-order valence-electron chi connectivity index (χ1n) is 4.45. The molecule has 0 saturated heterocycles. The Balaban J connectivity index is 3.27. The third-order valence-corrected chi connectivity index (χ3v) is 3.22. The van der Waals surface area contributed by atoms with Crippen LogP contribution in [0.3, 0.4) is 0 Å². The van der Waals surface area contributed by atoms with Crippen molar-refractivity contribution in [2.45, 2.75) is 13.3 Å². The summed E-state index contributed by atoms with van der Waals surface area (Å²) >= 11 is 12.5. The lowest BCUT2D eigenvalue weighted by atomic mass is 10.1. The van der Waals surface area contributed by atoms with Gasteiger partial charge in [0.2, 0.25) is 0 Å². The van der Waals surface area contributed by atoms with Crippen LogP contribution >= 0.6 is 43.5 Å². The Labute approximate surface area is 111 Å². The van der Waals surface area contributed by atoms with Crippen LogP contribution in [-0.2, 0) is 6.42 Å². The maximum absolute atomic E-state index is 5.62. The summed E-state index contributed by atoms with van der Waals surface area (Å²) in [7, 11) is 0. The van der Waals surface area contributed by atoms with E-state index in [-0.39, 0.29) is 5.88 Å². The number of amidine groups is 1. The van der Waals surface area contributed by atoms with Crippen molar-refractivity contribution in [3.63, 3.8) is 0 Å². The minimum Gasteiger partial charge on any atom is -0.386 e. The molecular formula is C10H11Br2ClN2. The zero-order valence-electron chi connectivity index (χ0n) is 8.23. The molecule has 1 aromatic rings. The van der Waals surface area contributed by atoms with Gasteiger partial charge in [-0.3, -0.25) is 0 Å². The molecule has 0 spiro atoms. The monoisotopic (exact) mass is 352 g/mol. The second kappa shape index (κ2) is 5.87. The molecule has 0 aliphatic carbocycles. The summed E-state index contributed by atoms with van der Waals surface area (Å²) in [4.78, 5) is 4.28. The van der Waals surface area contributed by atoms with Crippen molar-refractivity contribution in [3.05, 3.63) is 26.6 Å². The first-order valence-corrected chi connectivity index (χ1v) is 6.57. The van der Waals surface area contributed by atoms with Crippen LogP contribution in [0.25, 0.3) is 0 Å². The van der Waals surface area contributed by atoms with Gasteiger partial charge in [-0.15, -0.1) is 11.6 Å². The summed E-state index contributed by atoms with van der Waals surface area (Å²) in [6.07, 6.45) is 0.895. The van der Waals surface area contributed by atoms with Crippen molar-refractivity contribution in [3.8, 4) is 0 Å². The first-order chi connectivity index (χ1) is 7.08. The van der Waals surface area contributed by atoms with Gasteiger partial charge in [-0.25, -0.2) is 4.99 Å². The molecule has 0 heterocycles. The van der Waals surface area contributed by atoms with E-state index in [0.717, 1.165) is 26.6 Å². The first kappa shape index (κ1) is 13.0. The van der Waals surface area contributed by atoms with Gasteiger partial charge in [-0.2, -0.15) is 0 Å². The highest BCUT2D eigenvalue weighted by atomic mass is 79.9. The average molecular weight is 354 g/mol. The van der Waals surface area contributed by atoms with E-state index in [1.807, 2.05) is 12.1 Å². The van der Waals surface area contributed by atoms with Crippen molar-refractivity contribution in [1.82, 2.24) is 0 Å². The second-order valence-electron chi connectivity index (χ2n) is 2.99. The summed E-state index contributed by atoms with van der Waals surface area (Å²) < 4.78 is 1.94. The molecule has 0 unspecified atom stereocenters. The molecule has 0 aliphatic heterocycles. The summed E-state index contributed by atoms with van der Waals surface area (Å²) in [5.74, 6) is 0.667. The quantitative estimate of drug-likeness (QED) is 0.497. The van der Waals surface area contributed by atoms with Gasteiger partial charge in [0.15, 0.2) is 0 Å². The maximum Gasteiger partial charge on any atom is 0.115 e. The Hall–Kier alpha value is -0.0600. The van der Waals surface area contributed by atoms with E-state index >= 15 is 0 Å². The minimum atomic E-state index is 0.242. The SMILES string of the molecule is CCc1cc(Br)cc(Br)c1N=C(N)CCl. The number of benzene rings is 1. The summed E-state index contributed by atoms with van der Waals surface area (Å²) in [5, 5.41) is 0. The lowest BCUT2D eigenvalue weighted by Gasteiger charge is -2.07. The van der Waals surface area contributed by atoms with Crippen molar-refractivity contribution in [2.24, 2.45) is 10.7 Å². The normalized spacial score (nSPS) is 11.9. The second-order valence-corrected chi connectivity index (χ2v) is 5.02. The summed E-state index contributed by atoms with van der Waals surface area (Å²) in [5.41, 5.74) is 7.61. The van der Waals surface area contributed by atoms with Gasteiger partial charge in [0, 0.05) is 8.95 Å². The zero-order chi connectivity index (χ0) is 11.4. The summed E-state index contributed by atoms with van der Waals surface area (Å²) in [6, 6.07) is 3.98. The third-order valence-electron chi connectivity index (χ3n) is 1.88. The molecule has 0 aromatic heterocycles. The van der Waals surface area contributed by atoms with Crippen LogP contribution in [0.2, 0.25) is 0 Å². The van der Waals surface area contributed by atoms with Gasteiger partial charge >= 0.3 is 0 Å². The zero-order valence-corrected chi connectivity index (χ0v) is 12.2. The van der Waals surface area contributed by atoms with E-state index in [0.29, 0.717) is 5.84 Å². The van der Waals surface area contributed by atoms with Gasteiger partial charge < -0.3 is 5.73 Å². The van der Waals surface area contributed by atoms with E-state index in [1.54, 1.807) is 0 Å². The van der Waals surface area contributed by atoms with Gasteiger partial charge in [0.1, 0.15) is 5.84 Å². The Morgan fingerprint density at radius 2 is 2.13 bits per heavy atom. The van der Waals surface area contributed by atoms with E-state index in [2.05, 4.69) is 43.8 Å². The number of aliphatic imine (C=N–C) groups is 1. The Bertz CT molecular complexity index is 391. The van der Waals surface area contributed by atoms with Crippen molar-refractivity contribution >= 4 is 55.0 Å². The average Bonchev–Trinajstić information content (AvgIpc) is 2.21. The molecule has 0 fully saturated rings. The number of alkyl halides is 1. The smallest absolute Gasteiger partial charge is 0.115 e. The molecule has 1 rings (SSSR count). The molecular weight excluding hydrogens is 343 g/mol. The van der Waals surface area contributed by atoms with Crippen molar-refractivity contribution in [2.75, 3.05) is 5.88 Å². The van der Waals surface area contributed by atoms with Crippen LogP contribution in [0.1, 0.15) is 12.5 Å². The number of rotatable bonds is 3. The molecule has 0 radical (unpaired) electrons. The molecule has 5 heteroatoms. The highest BCUT2D eigenvalue weighted by Gasteiger charge is 2.07.